The van der Waals surface area contributed by atoms with Crippen LogP contribution in [0.1, 0.15) is 188 Å². The summed E-state index contributed by atoms with van der Waals surface area (Å²) in [5.41, 5.74) is 13.0. The zero-order chi connectivity index (χ0) is 67.2. The van der Waals surface area contributed by atoms with Gasteiger partial charge in [-0.2, -0.15) is 0 Å². The molecule has 0 radical (unpaired) electrons. The van der Waals surface area contributed by atoms with Gasteiger partial charge in [-0.15, -0.1) is 0 Å². The van der Waals surface area contributed by atoms with Crippen LogP contribution < -0.4 is 20.9 Å². The Balaban J connectivity index is 0.000000261. The molecule has 0 saturated carbocycles. The maximum atomic E-state index is 13.1. The molecule has 6 aliphatic rings. The zero-order valence-electron chi connectivity index (χ0n) is 55.0. The number of benzene rings is 2. The van der Waals surface area contributed by atoms with Gasteiger partial charge in [-0.05, 0) is 174 Å². The third kappa shape index (κ3) is 20.3. The van der Waals surface area contributed by atoms with E-state index in [2.05, 4.69) is 64.2 Å². The Hall–Kier alpha value is -7.48. The SMILES string of the molecule is CCC(C)(C)C(=O)O[C@H]1C[C@@H](C)C=C2C=C[C@H](C)[C@H](CC[C@H]3C[C@H](OC(=O)CCC(=O)Oc4ccc(C(N)=O)cc4)CC(=O)O3)[C@H]21.CCC(C)(C)C(=O)O[C@H]1C[C@@H](C)C=C2C=C[C@H](C)[C@H](CC[C@H]3C[C@H](OC(=O)CCC(=O)Oc4ccc(C(N)=S)cc4)CC(=O)O3)[C@H]21. The summed E-state index contributed by atoms with van der Waals surface area (Å²) in [5, 5.41) is 0. The van der Waals surface area contributed by atoms with Crippen molar-refractivity contribution in [2.75, 3.05) is 0 Å². The Morgan fingerprint density at radius 3 is 1.25 bits per heavy atom. The van der Waals surface area contributed by atoms with E-state index in [1.807, 2.05) is 41.5 Å². The molecule has 2 saturated heterocycles. The minimum absolute atomic E-state index is 0.0246. The normalized spacial score (nSPS) is 27.5. The molecule has 2 aliphatic heterocycles. The second kappa shape index (κ2) is 32.4. The number of primary amides is 1. The molecule has 500 valence electrons. The molecule has 2 fully saturated rings. The number of esters is 8. The fourth-order valence-corrected chi connectivity index (χ4v) is 13.1. The summed E-state index contributed by atoms with van der Waals surface area (Å²) < 4.78 is 45.4. The van der Waals surface area contributed by atoms with Crippen molar-refractivity contribution in [1.82, 2.24) is 0 Å². The fraction of sp³-hybridized carbons (Fsp3) is 0.583. The van der Waals surface area contributed by atoms with Crippen molar-refractivity contribution in [2.24, 2.45) is 69.6 Å². The molecular weight excluding hydrogens is 1200 g/mol. The molecule has 4 aliphatic carbocycles. The van der Waals surface area contributed by atoms with Crippen LogP contribution in [0.5, 0.6) is 11.5 Å². The van der Waals surface area contributed by atoms with Gasteiger partial charge < -0.3 is 49.4 Å². The third-order valence-corrected chi connectivity index (χ3v) is 19.3. The first-order chi connectivity index (χ1) is 43.5. The van der Waals surface area contributed by atoms with Crippen LogP contribution in [0.15, 0.2) is 96.1 Å². The van der Waals surface area contributed by atoms with E-state index in [0.717, 1.165) is 25.7 Å². The van der Waals surface area contributed by atoms with Gasteiger partial charge in [-0.3, -0.25) is 43.2 Å². The molecule has 19 nitrogen and oxygen atoms in total. The van der Waals surface area contributed by atoms with E-state index in [1.54, 1.807) is 24.3 Å². The average Bonchev–Trinajstić information content (AvgIpc) is 0.792. The number of hydrogen-bond acceptors (Lipinski definition) is 18. The molecule has 2 aromatic carbocycles. The lowest BCUT2D eigenvalue weighted by atomic mass is 9.65. The molecule has 20 heteroatoms. The molecule has 0 bridgehead atoms. The topological polar surface area (TPSA) is 280 Å². The van der Waals surface area contributed by atoms with E-state index < -0.39 is 77.0 Å². The summed E-state index contributed by atoms with van der Waals surface area (Å²) in [5.74, 6) is -2.03. The highest BCUT2D eigenvalue weighted by Crippen LogP contribution is 2.48. The van der Waals surface area contributed by atoms with Crippen molar-refractivity contribution in [3.8, 4) is 11.5 Å². The summed E-state index contributed by atoms with van der Waals surface area (Å²) in [7, 11) is 0. The van der Waals surface area contributed by atoms with Gasteiger partial charge in [-0.1, -0.05) is 90.2 Å². The lowest BCUT2D eigenvalue weighted by Crippen LogP contribution is -2.43. The molecule has 92 heavy (non-hydrogen) atoms. The van der Waals surface area contributed by atoms with Gasteiger partial charge in [0.25, 0.3) is 0 Å². The molecule has 2 aromatic rings. The molecule has 1 amide bonds. The van der Waals surface area contributed by atoms with Crippen LogP contribution in [-0.4, -0.2) is 95.3 Å². The maximum absolute atomic E-state index is 13.1. The molecule has 2 heterocycles. The molecule has 0 unspecified atom stereocenters. The molecule has 14 atom stereocenters. The second-order valence-corrected chi connectivity index (χ2v) is 27.6. The molecule has 0 spiro atoms. The number of amides is 1. The summed E-state index contributed by atoms with van der Waals surface area (Å²) >= 11 is 4.92. The third-order valence-electron chi connectivity index (χ3n) is 19.1. The van der Waals surface area contributed by atoms with Crippen LogP contribution in [0.3, 0.4) is 0 Å². The van der Waals surface area contributed by atoms with E-state index in [4.69, 9.17) is 61.6 Å². The Kier molecular flexibility index (Phi) is 25.3. The molecule has 8 rings (SSSR count). The van der Waals surface area contributed by atoms with Crippen LogP contribution in [0, 0.1) is 58.2 Å². The van der Waals surface area contributed by atoms with E-state index in [9.17, 15) is 43.2 Å². The second-order valence-electron chi connectivity index (χ2n) is 27.1. The Morgan fingerprint density at radius 1 is 0.522 bits per heavy atom. The van der Waals surface area contributed by atoms with Gasteiger partial charge in [0, 0.05) is 35.8 Å². The summed E-state index contributed by atoms with van der Waals surface area (Å²) in [6.07, 6.45) is 16.4. The largest absolute Gasteiger partial charge is 0.462 e. The summed E-state index contributed by atoms with van der Waals surface area (Å²) in [6.45, 7) is 20.3. The number of thiocarbonyl (C=S) groups is 1. The van der Waals surface area contributed by atoms with E-state index in [1.165, 1.54) is 35.4 Å². The fourth-order valence-electron chi connectivity index (χ4n) is 12.9. The lowest BCUT2D eigenvalue weighted by molar-refractivity contribution is -0.172. The minimum Gasteiger partial charge on any atom is -0.462 e. The van der Waals surface area contributed by atoms with Crippen LogP contribution in [0.2, 0.25) is 0 Å². The predicted octanol–water partition coefficient (Wildman–Crippen LogP) is 11.8. The van der Waals surface area contributed by atoms with Gasteiger partial charge in [0.2, 0.25) is 5.91 Å². The number of carbonyl (C=O) groups excluding carboxylic acids is 9. The maximum Gasteiger partial charge on any atom is 0.311 e. The van der Waals surface area contributed by atoms with Crippen LogP contribution in [-0.2, 0) is 66.8 Å². The number of hydrogen-bond donors (Lipinski definition) is 2. The minimum atomic E-state index is -0.643. The highest BCUT2D eigenvalue weighted by Gasteiger charge is 2.46. The monoisotopic (exact) mass is 1290 g/mol. The first kappa shape index (κ1) is 72.0. The number of carbonyl (C=O) groups is 9. The van der Waals surface area contributed by atoms with E-state index >= 15 is 0 Å². The number of allylic oxidation sites excluding steroid dienone is 6. The van der Waals surface area contributed by atoms with Gasteiger partial charge >= 0.3 is 47.8 Å². The van der Waals surface area contributed by atoms with Gasteiger partial charge in [0.15, 0.2) is 0 Å². The Morgan fingerprint density at radius 2 is 0.891 bits per heavy atom. The van der Waals surface area contributed by atoms with Crippen molar-refractivity contribution in [3.05, 3.63) is 107 Å². The Labute approximate surface area is 546 Å². The highest BCUT2D eigenvalue weighted by molar-refractivity contribution is 7.80. The van der Waals surface area contributed by atoms with Crippen LogP contribution in [0.4, 0.5) is 0 Å². The first-order valence-corrected chi connectivity index (χ1v) is 33.1. The summed E-state index contributed by atoms with van der Waals surface area (Å²) in [6, 6.07) is 12.2. The molecule has 4 N–H and O–H groups in total. The number of cyclic esters (lactones) is 2. The number of nitrogens with two attached hydrogens (primary N) is 2. The summed E-state index contributed by atoms with van der Waals surface area (Å²) in [4.78, 5) is 112. The van der Waals surface area contributed by atoms with Gasteiger partial charge in [0.05, 0.1) is 49.4 Å². The number of ether oxygens (including phenoxy) is 8. The molecular formula is C72H94N2O17S. The predicted molar refractivity (Wildman–Crippen MR) is 346 cm³/mol. The molecule has 0 aromatic heterocycles. The lowest BCUT2D eigenvalue weighted by Gasteiger charge is -2.44. The number of fused-ring (bicyclic) bond motifs is 2. The highest BCUT2D eigenvalue weighted by atomic mass is 32.1. The van der Waals surface area contributed by atoms with E-state index in [-0.39, 0.29) is 114 Å². The Bertz CT molecular complexity index is 2940. The average molecular weight is 1290 g/mol. The van der Waals surface area contributed by atoms with Gasteiger partial charge in [-0.25, -0.2) is 0 Å². The zero-order valence-corrected chi connectivity index (χ0v) is 55.8. The van der Waals surface area contributed by atoms with Crippen LogP contribution >= 0.6 is 12.2 Å². The van der Waals surface area contributed by atoms with Crippen molar-refractivity contribution in [1.29, 1.82) is 0 Å². The van der Waals surface area contributed by atoms with Gasteiger partial charge in [0.1, 0.15) is 53.1 Å². The van der Waals surface area contributed by atoms with Crippen LogP contribution in [0.25, 0.3) is 0 Å². The first-order valence-electron chi connectivity index (χ1n) is 32.7. The standard InChI is InChI=1S/C36H47NO9.C36H47NO8S/c1-6-36(4,5)35(42)46-29-18-21(2)17-24-8-7-22(3)28(33(24)29)14-13-26-19-27(20-32(40)44-26)45-31(39)16-15-30(38)43-25-11-9-23(10-12-25)34(37)41;1-6-36(4,5)35(41)45-29-18-21(2)17-24-8-7-22(3)28(33(24)29)14-13-26-19-27(20-32(40)43-26)44-31(39)16-15-30(38)42-25-11-9-23(10-12-25)34(37)46/h7-12,17,21-22,26-29,33H,6,13-16,18-20H2,1-5H3,(H2,37,41);7-12,17,21-22,26-29,33H,6,13-16,18-20H2,1-5H3,(H2,37,46)/t2*21-,22-,26-,27-,28-,29-,33-/m00/s1. The van der Waals surface area contributed by atoms with Crippen molar-refractivity contribution in [2.45, 2.75) is 209 Å². The van der Waals surface area contributed by atoms with Crippen molar-refractivity contribution in [3.63, 3.8) is 0 Å². The van der Waals surface area contributed by atoms with E-state index in [0.29, 0.717) is 61.7 Å². The quantitative estimate of drug-likeness (QED) is 0.0427. The number of rotatable bonds is 24. The smallest absolute Gasteiger partial charge is 0.311 e. The van der Waals surface area contributed by atoms with Crippen molar-refractivity contribution >= 4 is 70.9 Å². The van der Waals surface area contributed by atoms with Crippen molar-refractivity contribution < 1.29 is 81.0 Å².